The predicted octanol–water partition coefficient (Wildman–Crippen LogP) is 5.20. The van der Waals surface area contributed by atoms with Crippen molar-refractivity contribution in [1.29, 1.82) is 0 Å². The Bertz CT molecular complexity index is 987. The van der Waals surface area contributed by atoms with Gasteiger partial charge in [-0.25, -0.2) is 0 Å². The van der Waals surface area contributed by atoms with E-state index in [0.29, 0.717) is 20.7 Å². The fraction of sp³-hybridized carbons (Fsp3) is 0.158. The van der Waals surface area contributed by atoms with Crippen molar-refractivity contribution in [3.05, 3.63) is 56.4 Å². The van der Waals surface area contributed by atoms with E-state index in [1.165, 1.54) is 11.8 Å². The van der Waals surface area contributed by atoms with Gasteiger partial charge in [0.1, 0.15) is 0 Å². The Labute approximate surface area is 169 Å². The number of thiocarbonyl (C=S) groups is 1. The monoisotopic (exact) mass is 447 g/mol. The van der Waals surface area contributed by atoms with Gasteiger partial charge in [0.05, 0.1) is 10.6 Å². The SMILES string of the molecule is Cc1ccc(N2C(=O)/C(=C\c3cc4c(cc3Br)OCO4)SC2=S)c(C)c1. The molecule has 2 aliphatic rings. The summed E-state index contributed by atoms with van der Waals surface area (Å²) in [5, 5.41) is 0. The molecular formula is C19H14BrNO3S2. The summed E-state index contributed by atoms with van der Waals surface area (Å²) < 4.78 is 12.2. The van der Waals surface area contributed by atoms with Gasteiger partial charge >= 0.3 is 0 Å². The van der Waals surface area contributed by atoms with E-state index in [1.54, 1.807) is 4.90 Å². The Balaban J connectivity index is 1.70. The van der Waals surface area contributed by atoms with Crippen LogP contribution in [0.15, 0.2) is 39.7 Å². The molecule has 132 valence electrons. The highest BCUT2D eigenvalue weighted by atomic mass is 79.9. The van der Waals surface area contributed by atoms with Crippen molar-refractivity contribution in [2.45, 2.75) is 13.8 Å². The van der Waals surface area contributed by atoms with Crippen molar-refractivity contribution in [3.8, 4) is 11.5 Å². The Hall–Kier alpha value is -1.83. The summed E-state index contributed by atoms with van der Waals surface area (Å²) in [5.41, 5.74) is 3.84. The van der Waals surface area contributed by atoms with Gasteiger partial charge in [0.25, 0.3) is 5.91 Å². The number of carbonyl (C=O) groups is 1. The first-order valence-corrected chi connectivity index (χ1v) is 9.90. The minimum atomic E-state index is -0.114. The maximum absolute atomic E-state index is 13.0. The fourth-order valence-electron chi connectivity index (χ4n) is 2.92. The lowest BCUT2D eigenvalue weighted by Gasteiger charge is -2.17. The zero-order chi connectivity index (χ0) is 18.4. The highest BCUT2D eigenvalue weighted by Gasteiger charge is 2.34. The molecule has 2 aromatic carbocycles. The number of aryl methyl sites for hydroxylation is 2. The molecule has 2 aromatic rings. The van der Waals surface area contributed by atoms with Crippen molar-refractivity contribution < 1.29 is 14.3 Å². The number of rotatable bonds is 2. The number of ether oxygens (including phenoxy) is 2. The maximum Gasteiger partial charge on any atom is 0.270 e. The molecule has 0 saturated carbocycles. The Morgan fingerprint density at radius 1 is 1.19 bits per heavy atom. The van der Waals surface area contributed by atoms with Crippen LogP contribution >= 0.6 is 39.9 Å². The minimum absolute atomic E-state index is 0.114. The van der Waals surface area contributed by atoms with Crippen molar-refractivity contribution >= 4 is 61.9 Å². The number of anilines is 1. The van der Waals surface area contributed by atoms with Crippen LogP contribution in [0.4, 0.5) is 5.69 Å². The van der Waals surface area contributed by atoms with Gasteiger partial charge in [-0.3, -0.25) is 9.69 Å². The standard InChI is InChI=1S/C19H14BrNO3S2/c1-10-3-4-14(11(2)5-10)21-18(22)17(26-19(21)25)7-12-6-15-16(8-13(12)20)24-9-23-15/h3-8H,9H2,1-2H3/b17-7+. The summed E-state index contributed by atoms with van der Waals surface area (Å²) in [6.45, 7) is 4.22. The Kier molecular flexibility index (Phi) is 4.54. The molecule has 1 saturated heterocycles. The van der Waals surface area contributed by atoms with Crippen LogP contribution in [0.5, 0.6) is 11.5 Å². The van der Waals surface area contributed by atoms with Crippen molar-refractivity contribution in [1.82, 2.24) is 0 Å². The molecule has 7 heteroatoms. The molecule has 26 heavy (non-hydrogen) atoms. The first-order valence-electron chi connectivity index (χ1n) is 7.88. The van der Waals surface area contributed by atoms with Gasteiger partial charge in [-0.1, -0.05) is 57.6 Å². The number of carbonyl (C=O) groups excluding carboxylic acids is 1. The van der Waals surface area contributed by atoms with Crippen molar-refractivity contribution in [2.75, 3.05) is 11.7 Å². The Morgan fingerprint density at radius 2 is 1.92 bits per heavy atom. The second kappa shape index (κ2) is 6.72. The molecule has 0 aliphatic carbocycles. The van der Waals surface area contributed by atoms with Crippen molar-refractivity contribution in [2.24, 2.45) is 0 Å². The number of hydrogen-bond donors (Lipinski definition) is 0. The summed E-state index contributed by atoms with van der Waals surface area (Å²) in [6.07, 6.45) is 1.83. The van der Waals surface area contributed by atoms with Gasteiger partial charge < -0.3 is 9.47 Å². The van der Waals surface area contributed by atoms with E-state index < -0.39 is 0 Å². The number of amides is 1. The number of thioether (sulfide) groups is 1. The lowest BCUT2D eigenvalue weighted by molar-refractivity contribution is -0.113. The second-order valence-corrected chi connectivity index (χ2v) is 8.56. The van der Waals surface area contributed by atoms with Gasteiger partial charge in [0, 0.05) is 4.47 Å². The number of hydrogen-bond acceptors (Lipinski definition) is 5. The molecule has 4 rings (SSSR count). The van der Waals surface area contributed by atoms with E-state index in [9.17, 15) is 4.79 Å². The fourth-order valence-corrected chi connectivity index (χ4v) is 4.63. The molecule has 0 radical (unpaired) electrons. The third kappa shape index (κ3) is 3.04. The van der Waals surface area contributed by atoms with E-state index in [0.717, 1.165) is 26.9 Å². The van der Waals surface area contributed by atoms with Crippen molar-refractivity contribution in [3.63, 3.8) is 0 Å². The molecule has 0 bridgehead atoms. The molecule has 1 fully saturated rings. The maximum atomic E-state index is 13.0. The third-order valence-electron chi connectivity index (χ3n) is 4.17. The van der Waals surface area contributed by atoms with E-state index in [4.69, 9.17) is 21.7 Å². The van der Waals surface area contributed by atoms with Gasteiger partial charge in [-0.15, -0.1) is 0 Å². The average Bonchev–Trinajstić information content (AvgIpc) is 3.13. The molecule has 0 N–H and O–H groups in total. The quantitative estimate of drug-likeness (QED) is 0.467. The molecule has 2 aliphatic heterocycles. The zero-order valence-electron chi connectivity index (χ0n) is 14.0. The molecule has 1 amide bonds. The second-order valence-electron chi connectivity index (χ2n) is 6.03. The third-order valence-corrected chi connectivity index (χ3v) is 6.15. The summed E-state index contributed by atoms with van der Waals surface area (Å²) in [6, 6.07) is 9.68. The molecule has 0 aromatic heterocycles. The summed E-state index contributed by atoms with van der Waals surface area (Å²) in [7, 11) is 0. The highest BCUT2D eigenvalue weighted by Crippen LogP contribution is 2.41. The molecule has 2 heterocycles. The number of halogens is 1. The average molecular weight is 448 g/mol. The highest BCUT2D eigenvalue weighted by molar-refractivity contribution is 9.10. The molecule has 0 atom stereocenters. The van der Waals surface area contributed by atoms with Gasteiger partial charge in [0.2, 0.25) is 6.79 Å². The van der Waals surface area contributed by atoms with E-state index in [-0.39, 0.29) is 12.7 Å². The van der Waals surface area contributed by atoms with Crippen LogP contribution in [0.3, 0.4) is 0 Å². The summed E-state index contributed by atoms with van der Waals surface area (Å²) in [5.74, 6) is 1.25. The lowest BCUT2D eigenvalue weighted by Crippen LogP contribution is -2.28. The number of fused-ring (bicyclic) bond motifs is 1. The zero-order valence-corrected chi connectivity index (χ0v) is 17.3. The van der Waals surface area contributed by atoms with Crippen LogP contribution in [-0.4, -0.2) is 17.0 Å². The summed E-state index contributed by atoms with van der Waals surface area (Å²) >= 11 is 10.3. The van der Waals surface area contributed by atoms with Crippen LogP contribution < -0.4 is 14.4 Å². The van der Waals surface area contributed by atoms with Gasteiger partial charge in [0.15, 0.2) is 15.8 Å². The number of benzene rings is 2. The molecule has 0 unspecified atom stereocenters. The minimum Gasteiger partial charge on any atom is -0.454 e. The van der Waals surface area contributed by atoms with Crippen LogP contribution in [0.25, 0.3) is 6.08 Å². The first kappa shape index (κ1) is 17.6. The van der Waals surface area contributed by atoms with Crippen LogP contribution in [0.1, 0.15) is 16.7 Å². The van der Waals surface area contributed by atoms with E-state index in [2.05, 4.69) is 15.9 Å². The molecule has 4 nitrogen and oxygen atoms in total. The first-order chi connectivity index (χ1) is 12.4. The smallest absolute Gasteiger partial charge is 0.270 e. The summed E-state index contributed by atoms with van der Waals surface area (Å²) in [4.78, 5) is 15.2. The lowest BCUT2D eigenvalue weighted by atomic mass is 10.1. The van der Waals surface area contributed by atoms with Crippen LogP contribution in [0.2, 0.25) is 0 Å². The molecular weight excluding hydrogens is 434 g/mol. The normalized spacial score (nSPS) is 17.5. The van der Waals surface area contributed by atoms with Crippen LogP contribution in [0, 0.1) is 13.8 Å². The van der Waals surface area contributed by atoms with E-state index >= 15 is 0 Å². The van der Waals surface area contributed by atoms with Gasteiger partial charge in [-0.2, -0.15) is 0 Å². The van der Waals surface area contributed by atoms with Gasteiger partial charge in [-0.05, 0) is 49.2 Å². The molecule has 0 spiro atoms. The van der Waals surface area contributed by atoms with Crippen LogP contribution in [-0.2, 0) is 4.79 Å². The Morgan fingerprint density at radius 3 is 2.65 bits per heavy atom. The largest absolute Gasteiger partial charge is 0.454 e. The number of nitrogens with zero attached hydrogens (tertiary/aromatic N) is 1. The van der Waals surface area contributed by atoms with E-state index in [1.807, 2.05) is 50.3 Å². The topological polar surface area (TPSA) is 38.8 Å². The predicted molar refractivity (Wildman–Crippen MR) is 112 cm³/mol.